The molecule has 0 amide bonds. The molecule has 1 fully saturated rings. The van der Waals surface area contributed by atoms with Gasteiger partial charge >= 0.3 is 0 Å². The first-order valence-electron chi connectivity index (χ1n) is 8.31. The third kappa shape index (κ3) is 3.44. The molecule has 1 aromatic heterocycles. The highest BCUT2D eigenvalue weighted by molar-refractivity contribution is 5.78. The molecule has 1 N–H and O–H groups in total. The predicted octanol–water partition coefficient (Wildman–Crippen LogP) is 4.54. The van der Waals surface area contributed by atoms with Gasteiger partial charge in [0.25, 0.3) is 0 Å². The summed E-state index contributed by atoms with van der Waals surface area (Å²) in [5, 5.41) is 5.05. The lowest BCUT2D eigenvalue weighted by Gasteiger charge is -2.35. The summed E-state index contributed by atoms with van der Waals surface area (Å²) in [4.78, 5) is 4.39. The van der Waals surface area contributed by atoms with Crippen LogP contribution >= 0.6 is 0 Å². The number of rotatable bonds is 4. The summed E-state index contributed by atoms with van der Waals surface area (Å²) in [5.74, 6) is 1.62. The molecular formula is C19H26N2. The number of aromatic nitrogens is 1. The fourth-order valence-electron chi connectivity index (χ4n) is 3.69. The van der Waals surface area contributed by atoms with Gasteiger partial charge in [-0.3, -0.25) is 4.98 Å². The van der Waals surface area contributed by atoms with Crippen LogP contribution in [0.2, 0.25) is 0 Å². The van der Waals surface area contributed by atoms with E-state index in [2.05, 4.69) is 48.4 Å². The van der Waals surface area contributed by atoms with Crippen molar-refractivity contribution in [2.24, 2.45) is 11.8 Å². The molecule has 0 radical (unpaired) electrons. The maximum absolute atomic E-state index is 4.39. The van der Waals surface area contributed by atoms with Gasteiger partial charge in [0.15, 0.2) is 0 Å². The van der Waals surface area contributed by atoms with Gasteiger partial charge in [0, 0.05) is 24.2 Å². The monoisotopic (exact) mass is 282 g/mol. The number of pyridine rings is 1. The molecule has 2 unspecified atom stereocenters. The van der Waals surface area contributed by atoms with Crippen molar-refractivity contribution in [2.45, 2.75) is 52.1 Å². The van der Waals surface area contributed by atoms with Gasteiger partial charge in [0.1, 0.15) is 0 Å². The Balaban J connectivity index is 1.67. The van der Waals surface area contributed by atoms with Crippen LogP contribution in [0.15, 0.2) is 36.5 Å². The summed E-state index contributed by atoms with van der Waals surface area (Å²) in [5.41, 5.74) is 2.45. The minimum Gasteiger partial charge on any atom is -0.310 e. The molecule has 3 rings (SSSR count). The van der Waals surface area contributed by atoms with Crippen LogP contribution in [0.1, 0.15) is 45.1 Å². The Labute approximate surface area is 128 Å². The summed E-state index contributed by atoms with van der Waals surface area (Å²) >= 11 is 0. The second-order valence-corrected chi connectivity index (χ2v) is 6.71. The van der Waals surface area contributed by atoms with Crippen molar-refractivity contribution in [1.82, 2.24) is 10.3 Å². The van der Waals surface area contributed by atoms with Gasteiger partial charge in [-0.15, -0.1) is 0 Å². The number of fused-ring (bicyclic) bond motifs is 1. The third-order valence-corrected chi connectivity index (χ3v) is 4.91. The van der Waals surface area contributed by atoms with Gasteiger partial charge in [-0.1, -0.05) is 38.8 Å². The minimum atomic E-state index is 0.684. The van der Waals surface area contributed by atoms with Gasteiger partial charge in [-0.2, -0.15) is 0 Å². The molecule has 1 saturated carbocycles. The highest BCUT2D eigenvalue weighted by Gasteiger charge is 2.26. The highest BCUT2D eigenvalue weighted by Crippen LogP contribution is 2.30. The third-order valence-electron chi connectivity index (χ3n) is 4.91. The maximum atomic E-state index is 4.39. The maximum Gasteiger partial charge on any atom is 0.0702 e. The number of hydrogen-bond donors (Lipinski definition) is 1. The lowest BCUT2D eigenvalue weighted by molar-refractivity contribution is 0.204. The summed E-state index contributed by atoms with van der Waals surface area (Å²) in [6, 6.07) is 11.4. The SMILES string of the molecule is CC(C)C1CCCCC1NCc1ccc2ncccc2c1. The molecule has 1 aliphatic rings. The fraction of sp³-hybridized carbons (Fsp3) is 0.526. The zero-order valence-electron chi connectivity index (χ0n) is 13.2. The topological polar surface area (TPSA) is 24.9 Å². The van der Waals surface area contributed by atoms with E-state index in [0.29, 0.717) is 6.04 Å². The first-order chi connectivity index (χ1) is 10.2. The van der Waals surface area contributed by atoms with Crippen molar-refractivity contribution in [3.63, 3.8) is 0 Å². The standard InChI is InChI=1S/C19H26N2/c1-14(2)17-7-3-4-8-19(17)21-13-15-9-10-18-16(12-15)6-5-11-20-18/h5-6,9-12,14,17,19,21H,3-4,7-8,13H2,1-2H3. The van der Waals surface area contributed by atoms with E-state index in [1.165, 1.54) is 36.6 Å². The molecule has 2 aromatic rings. The second-order valence-electron chi connectivity index (χ2n) is 6.71. The van der Waals surface area contributed by atoms with Crippen molar-refractivity contribution in [3.8, 4) is 0 Å². The largest absolute Gasteiger partial charge is 0.310 e. The molecule has 0 bridgehead atoms. The summed E-state index contributed by atoms with van der Waals surface area (Å²) in [6.45, 7) is 5.71. The molecule has 21 heavy (non-hydrogen) atoms. The molecule has 2 atom stereocenters. The Bertz CT molecular complexity index is 591. The van der Waals surface area contributed by atoms with Crippen molar-refractivity contribution in [3.05, 3.63) is 42.1 Å². The van der Waals surface area contributed by atoms with Crippen LogP contribution in [-0.2, 0) is 6.54 Å². The average Bonchev–Trinajstić information content (AvgIpc) is 2.53. The molecule has 0 saturated heterocycles. The Kier molecular flexibility index (Phi) is 4.54. The van der Waals surface area contributed by atoms with Crippen LogP contribution in [0.4, 0.5) is 0 Å². The zero-order chi connectivity index (χ0) is 14.7. The minimum absolute atomic E-state index is 0.684. The molecule has 1 aromatic carbocycles. The predicted molar refractivity (Wildman–Crippen MR) is 89.2 cm³/mol. The zero-order valence-corrected chi connectivity index (χ0v) is 13.2. The van der Waals surface area contributed by atoms with Gasteiger partial charge < -0.3 is 5.32 Å². The first kappa shape index (κ1) is 14.5. The molecule has 1 aliphatic carbocycles. The molecule has 1 heterocycles. The van der Waals surface area contributed by atoms with Crippen molar-refractivity contribution in [1.29, 1.82) is 0 Å². The molecule has 2 nitrogen and oxygen atoms in total. The fourth-order valence-corrected chi connectivity index (χ4v) is 3.69. The van der Waals surface area contributed by atoms with Crippen molar-refractivity contribution < 1.29 is 0 Å². The molecule has 0 spiro atoms. The average molecular weight is 282 g/mol. The summed E-state index contributed by atoms with van der Waals surface area (Å²) in [6.07, 6.45) is 7.36. The van der Waals surface area contributed by atoms with Crippen LogP contribution in [0.25, 0.3) is 10.9 Å². The van der Waals surface area contributed by atoms with Crippen molar-refractivity contribution in [2.75, 3.05) is 0 Å². The lowest BCUT2D eigenvalue weighted by Crippen LogP contribution is -2.40. The highest BCUT2D eigenvalue weighted by atomic mass is 14.9. The number of benzene rings is 1. The van der Waals surface area contributed by atoms with E-state index in [0.717, 1.165) is 23.9 Å². The molecule has 112 valence electrons. The van der Waals surface area contributed by atoms with Gasteiger partial charge in [0.2, 0.25) is 0 Å². The quantitative estimate of drug-likeness (QED) is 0.890. The normalized spacial score (nSPS) is 22.8. The molecule has 0 aliphatic heterocycles. The van der Waals surface area contributed by atoms with E-state index in [1.807, 2.05) is 12.3 Å². The molecule has 2 heteroatoms. The number of hydrogen-bond acceptors (Lipinski definition) is 2. The summed E-state index contributed by atoms with van der Waals surface area (Å²) < 4.78 is 0. The first-order valence-corrected chi connectivity index (χ1v) is 8.31. The second kappa shape index (κ2) is 6.57. The lowest BCUT2D eigenvalue weighted by atomic mass is 9.78. The van der Waals surface area contributed by atoms with Crippen LogP contribution in [0.3, 0.4) is 0 Å². The van der Waals surface area contributed by atoms with Gasteiger partial charge in [-0.25, -0.2) is 0 Å². The summed E-state index contributed by atoms with van der Waals surface area (Å²) in [7, 11) is 0. The van der Waals surface area contributed by atoms with E-state index in [9.17, 15) is 0 Å². The number of nitrogens with zero attached hydrogens (tertiary/aromatic N) is 1. The van der Waals surface area contributed by atoms with Crippen LogP contribution in [-0.4, -0.2) is 11.0 Å². The van der Waals surface area contributed by atoms with Gasteiger partial charge in [-0.05, 0) is 48.4 Å². The van der Waals surface area contributed by atoms with E-state index >= 15 is 0 Å². The molecular weight excluding hydrogens is 256 g/mol. The van der Waals surface area contributed by atoms with E-state index in [-0.39, 0.29) is 0 Å². The van der Waals surface area contributed by atoms with E-state index < -0.39 is 0 Å². The Morgan fingerprint density at radius 2 is 2.05 bits per heavy atom. The number of nitrogens with one attached hydrogen (secondary N) is 1. The van der Waals surface area contributed by atoms with E-state index in [1.54, 1.807) is 0 Å². The van der Waals surface area contributed by atoms with E-state index in [4.69, 9.17) is 0 Å². The van der Waals surface area contributed by atoms with Crippen LogP contribution in [0.5, 0.6) is 0 Å². The Morgan fingerprint density at radius 1 is 1.19 bits per heavy atom. The van der Waals surface area contributed by atoms with Crippen LogP contribution in [0, 0.1) is 11.8 Å². The smallest absolute Gasteiger partial charge is 0.0702 e. The van der Waals surface area contributed by atoms with Crippen LogP contribution < -0.4 is 5.32 Å². The Morgan fingerprint density at radius 3 is 2.90 bits per heavy atom. The Hall–Kier alpha value is -1.41. The van der Waals surface area contributed by atoms with Gasteiger partial charge in [0.05, 0.1) is 5.52 Å². The van der Waals surface area contributed by atoms with Crippen molar-refractivity contribution >= 4 is 10.9 Å².